The maximum atomic E-state index is 11.6. The van der Waals surface area contributed by atoms with E-state index in [1.165, 1.54) is 12.8 Å². The van der Waals surface area contributed by atoms with Crippen LogP contribution in [-0.4, -0.2) is 30.7 Å². The van der Waals surface area contributed by atoms with E-state index in [1.54, 1.807) is 0 Å². The standard InChI is InChI=1S/C16H34N2O2/c1-6-9-14(4)12-20-11-8-7-10-16(5,15(17)19)18-13(2)3/h13-14,18H,6-12H2,1-5H3,(H2,17,19). The Bertz CT molecular complexity index is 269. The molecule has 0 saturated heterocycles. The molecular formula is C16H34N2O2. The maximum absolute atomic E-state index is 11.6. The highest BCUT2D eigenvalue weighted by molar-refractivity contribution is 5.84. The fourth-order valence-electron chi connectivity index (χ4n) is 2.45. The van der Waals surface area contributed by atoms with E-state index in [4.69, 9.17) is 10.5 Å². The summed E-state index contributed by atoms with van der Waals surface area (Å²) in [4.78, 5) is 11.6. The summed E-state index contributed by atoms with van der Waals surface area (Å²) in [7, 11) is 0. The molecule has 0 saturated carbocycles. The van der Waals surface area contributed by atoms with Crippen molar-refractivity contribution < 1.29 is 9.53 Å². The van der Waals surface area contributed by atoms with E-state index in [1.807, 2.05) is 20.8 Å². The zero-order valence-electron chi connectivity index (χ0n) is 14.0. The Labute approximate surface area is 124 Å². The number of nitrogens with one attached hydrogen (secondary N) is 1. The second-order valence-electron chi connectivity index (χ2n) is 6.42. The summed E-state index contributed by atoms with van der Waals surface area (Å²) in [5.41, 5.74) is 4.89. The van der Waals surface area contributed by atoms with Crippen LogP contribution < -0.4 is 11.1 Å². The Morgan fingerprint density at radius 2 is 1.95 bits per heavy atom. The highest BCUT2D eigenvalue weighted by Gasteiger charge is 2.30. The Kier molecular flexibility index (Phi) is 9.86. The summed E-state index contributed by atoms with van der Waals surface area (Å²) < 4.78 is 5.67. The fourth-order valence-corrected chi connectivity index (χ4v) is 2.45. The van der Waals surface area contributed by atoms with Gasteiger partial charge in [-0.15, -0.1) is 0 Å². The normalized spacial score (nSPS) is 16.1. The molecule has 0 aromatic rings. The van der Waals surface area contributed by atoms with Crippen LogP contribution in [0.15, 0.2) is 0 Å². The number of hydrogen-bond acceptors (Lipinski definition) is 3. The van der Waals surface area contributed by atoms with Gasteiger partial charge in [-0.1, -0.05) is 20.3 Å². The third-order valence-electron chi connectivity index (χ3n) is 3.55. The van der Waals surface area contributed by atoms with Crippen molar-refractivity contribution in [1.82, 2.24) is 5.32 Å². The number of nitrogens with two attached hydrogens (primary N) is 1. The lowest BCUT2D eigenvalue weighted by Crippen LogP contribution is -2.55. The lowest BCUT2D eigenvalue weighted by Gasteiger charge is -2.29. The Morgan fingerprint density at radius 1 is 1.30 bits per heavy atom. The molecule has 120 valence electrons. The number of hydrogen-bond donors (Lipinski definition) is 2. The van der Waals surface area contributed by atoms with Crippen molar-refractivity contribution in [3.05, 3.63) is 0 Å². The van der Waals surface area contributed by atoms with Crippen molar-refractivity contribution in [2.75, 3.05) is 13.2 Å². The first-order valence-electron chi connectivity index (χ1n) is 7.97. The molecule has 0 aliphatic carbocycles. The van der Waals surface area contributed by atoms with Gasteiger partial charge in [-0.05, 0) is 52.4 Å². The maximum Gasteiger partial charge on any atom is 0.237 e. The molecule has 0 rings (SSSR count). The minimum atomic E-state index is -0.607. The lowest BCUT2D eigenvalue weighted by atomic mass is 9.93. The van der Waals surface area contributed by atoms with Crippen LogP contribution in [0.25, 0.3) is 0 Å². The predicted octanol–water partition coefficient (Wildman–Crippen LogP) is 2.85. The second-order valence-corrected chi connectivity index (χ2v) is 6.42. The van der Waals surface area contributed by atoms with Crippen LogP contribution in [0.5, 0.6) is 0 Å². The molecule has 1 amide bonds. The number of rotatable bonds is 12. The first-order chi connectivity index (χ1) is 9.31. The monoisotopic (exact) mass is 286 g/mol. The average molecular weight is 286 g/mol. The zero-order chi connectivity index (χ0) is 15.6. The number of ether oxygens (including phenoxy) is 1. The van der Waals surface area contributed by atoms with Crippen molar-refractivity contribution in [2.45, 2.75) is 78.3 Å². The largest absolute Gasteiger partial charge is 0.381 e. The molecule has 3 N–H and O–H groups in total. The third-order valence-corrected chi connectivity index (χ3v) is 3.55. The predicted molar refractivity (Wildman–Crippen MR) is 84.6 cm³/mol. The third kappa shape index (κ3) is 8.54. The topological polar surface area (TPSA) is 64.3 Å². The molecular weight excluding hydrogens is 252 g/mol. The molecule has 20 heavy (non-hydrogen) atoms. The summed E-state index contributed by atoms with van der Waals surface area (Å²) in [6.45, 7) is 12.0. The number of carbonyl (C=O) groups is 1. The van der Waals surface area contributed by atoms with Crippen molar-refractivity contribution in [3.63, 3.8) is 0 Å². The van der Waals surface area contributed by atoms with Crippen molar-refractivity contribution in [1.29, 1.82) is 0 Å². The number of unbranched alkanes of at least 4 members (excludes halogenated alkanes) is 1. The van der Waals surface area contributed by atoms with Gasteiger partial charge in [-0.25, -0.2) is 0 Å². The van der Waals surface area contributed by atoms with Crippen LogP contribution in [0.2, 0.25) is 0 Å². The molecule has 2 unspecified atom stereocenters. The van der Waals surface area contributed by atoms with Crippen LogP contribution in [0.4, 0.5) is 0 Å². The van der Waals surface area contributed by atoms with Crippen LogP contribution in [0.1, 0.15) is 66.7 Å². The SMILES string of the molecule is CCCC(C)COCCCCC(C)(NC(C)C)C(N)=O. The van der Waals surface area contributed by atoms with Crippen molar-refractivity contribution in [3.8, 4) is 0 Å². The number of amides is 1. The van der Waals surface area contributed by atoms with Gasteiger partial charge in [0.05, 0.1) is 5.54 Å². The smallest absolute Gasteiger partial charge is 0.237 e. The highest BCUT2D eigenvalue weighted by atomic mass is 16.5. The Morgan fingerprint density at radius 3 is 2.45 bits per heavy atom. The average Bonchev–Trinajstić information content (AvgIpc) is 2.32. The van der Waals surface area contributed by atoms with Gasteiger partial charge in [-0.3, -0.25) is 4.79 Å². The molecule has 0 heterocycles. The van der Waals surface area contributed by atoms with Crippen LogP contribution in [0, 0.1) is 5.92 Å². The van der Waals surface area contributed by atoms with E-state index >= 15 is 0 Å². The lowest BCUT2D eigenvalue weighted by molar-refractivity contribution is -0.124. The minimum absolute atomic E-state index is 0.249. The molecule has 0 aromatic heterocycles. The van der Waals surface area contributed by atoms with E-state index in [9.17, 15) is 4.79 Å². The van der Waals surface area contributed by atoms with Crippen molar-refractivity contribution >= 4 is 5.91 Å². The molecule has 2 atom stereocenters. The Hall–Kier alpha value is -0.610. The van der Waals surface area contributed by atoms with Crippen LogP contribution in [-0.2, 0) is 9.53 Å². The van der Waals surface area contributed by atoms with E-state index in [2.05, 4.69) is 19.2 Å². The molecule has 4 nitrogen and oxygen atoms in total. The summed E-state index contributed by atoms with van der Waals surface area (Å²) >= 11 is 0. The van der Waals surface area contributed by atoms with Gasteiger partial charge in [0.25, 0.3) is 0 Å². The Balaban J connectivity index is 3.83. The summed E-state index contributed by atoms with van der Waals surface area (Å²) in [6, 6.07) is 0.249. The highest BCUT2D eigenvalue weighted by Crippen LogP contribution is 2.15. The quantitative estimate of drug-likeness (QED) is 0.542. The zero-order valence-corrected chi connectivity index (χ0v) is 14.0. The fraction of sp³-hybridized carbons (Fsp3) is 0.938. The van der Waals surface area contributed by atoms with Gasteiger partial charge in [0.15, 0.2) is 0 Å². The minimum Gasteiger partial charge on any atom is -0.381 e. The molecule has 0 fully saturated rings. The summed E-state index contributed by atoms with van der Waals surface area (Å²) in [5.74, 6) is 0.363. The molecule has 0 spiro atoms. The molecule has 0 aromatic carbocycles. The molecule has 0 radical (unpaired) electrons. The van der Waals surface area contributed by atoms with Gasteiger partial charge in [0.2, 0.25) is 5.91 Å². The molecule has 0 bridgehead atoms. The number of carbonyl (C=O) groups excluding carboxylic acids is 1. The van der Waals surface area contributed by atoms with Gasteiger partial charge < -0.3 is 15.8 Å². The summed E-state index contributed by atoms with van der Waals surface area (Å²) in [5, 5.41) is 3.27. The van der Waals surface area contributed by atoms with Gasteiger partial charge in [0.1, 0.15) is 0 Å². The molecule has 4 heteroatoms. The molecule has 0 aliphatic heterocycles. The van der Waals surface area contributed by atoms with Crippen LogP contribution in [0.3, 0.4) is 0 Å². The van der Waals surface area contributed by atoms with E-state index in [-0.39, 0.29) is 11.9 Å². The van der Waals surface area contributed by atoms with Gasteiger partial charge in [0, 0.05) is 19.3 Å². The van der Waals surface area contributed by atoms with E-state index < -0.39 is 5.54 Å². The van der Waals surface area contributed by atoms with Crippen molar-refractivity contribution in [2.24, 2.45) is 11.7 Å². The van der Waals surface area contributed by atoms with E-state index in [0.29, 0.717) is 5.92 Å². The van der Waals surface area contributed by atoms with Crippen LogP contribution >= 0.6 is 0 Å². The van der Waals surface area contributed by atoms with Gasteiger partial charge >= 0.3 is 0 Å². The first kappa shape index (κ1) is 19.4. The van der Waals surface area contributed by atoms with E-state index in [0.717, 1.165) is 32.5 Å². The molecule has 0 aliphatic rings. The summed E-state index contributed by atoms with van der Waals surface area (Å²) in [6.07, 6.45) is 5.11. The van der Waals surface area contributed by atoms with Gasteiger partial charge in [-0.2, -0.15) is 0 Å². The first-order valence-corrected chi connectivity index (χ1v) is 7.97. The number of primary amides is 1. The second kappa shape index (κ2) is 10.2.